The van der Waals surface area contributed by atoms with Crippen molar-refractivity contribution < 1.29 is 0 Å². The van der Waals surface area contributed by atoms with Gasteiger partial charge in [-0.2, -0.15) is 0 Å². The average molecular weight is 238 g/mol. The highest BCUT2D eigenvalue weighted by Crippen LogP contribution is 2.18. The maximum Gasteiger partial charge on any atom is 0.224 e. The average Bonchev–Trinajstić information content (AvgIpc) is 2.79. The van der Waals surface area contributed by atoms with Gasteiger partial charge in [-0.25, -0.2) is 15.0 Å². The monoisotopic (exact) mass is 237 g/mol. The van der Waals surface area contributed by atoms with Crippen LogP contribution in [0.3, 0.4) is 0 Å². The van der Waals surface area contributed by atoms with E-state index in [0.717, 1.165) is 12.2 Å². The highest BCUT2D eigenvalue weighted by atomic mass is 35.5. The second-order valence-corrected chi connectivity index (χ2v) is 3.63. The van der Waals surface area contributed by atoms with E-state index >= 15 is 0 Å². The molecule has 16 heavy (non-hydrogen) atoms. The van der Waals surface area contributed by atoms with Crippen LogP contribution in [-0.4, -0.2) is 19.9 Å². The number of imidazole rings is 1. The summed E-state index contributed by atoms with van der Waals surface area (Å²) in [5.74, 6) is 1.58. The summed E-state index contributed by atoms with van der Waals surface area (Å²) in [6.07, 6.45) is 6.04. The summed E-state index contributed by atoms with van der Waals surface area (Å²) in [5, 5.41) is 3.48. The minimum absolute atomic E-state index is 0.0981. The molecule has 0 spiro atoms. The molecule has 0 aliphatic rings. The Morgan fingerprint density at radius 3 is 2.94 bits per heavy atom. The van der Waals surface area contributed by atoms with Crippen LogP contribution >= 0.6 is 11.6 Å². The van der Waals surface area contributed by atoms with Crippen molar-refractivity contribution in [1.82, 2.24) is 19.9 Å². The van der Waals surface area contributed by atoms with Gasteiger partial charge in [-0.3, -0.25) is 0 Å². The number of anilines is 1. The Morgan fingerprint density at radius 1 is 1.44 bits per heavy atom. The molecule has 1 unspecified atom stereocenters. The number of hydrogen-bond acceptors (Lipinski definition) is 4. The Morgan fingerprint density at radius 2 is 2.31 bits per heavy atom. The molecule has 0 aromatic carbocycles. The molecular weight excluding hydrogens is 226 g/mol. The van der Waals surface area contributed by atoms with Gasteiger partial charge in [0, 0.05) is 18.6 Å². The van der Waals surface area contributed by atoms with Crippen LogP contribution in [0.2, 0.25) is 5.28 Å². The van der Waals surface area contributed by atoms with E-state index < -0.39 is 0 Å². The maximum absolute atomic E-state index is 5.71. The lowest BCUT2D eigenvalue weighted by molar-refractivity contribution is 0.700. The fourth-order valence-corrected chi connectivity index (χ4v) is 1.57. The summed E-state index contributed by atoms with van der Waals surface area (Å²) in [5.41, 5.74) is 0. The molecule has 2 aromatic rings. The lowest BCUT2D eigenvalue weighted by Crippen LogP contribution is -2.12. The Bertz CT molecular complexity index is 442. The second kappa shape index (κ2) is 4.94. The quantitative estimate of drug-likeness (QED) is 0.802. The molecule has 0 saturated carbocycles. The van der Waals surface area contributed by atoms with Gasteiger partial charge in [-0.05, 0) is 24.1 Å². The molecule has 2 heterocycles. The minimum Gasteiger partial charge on any atom is -0.360 e. The van der Waals surface area contributed by atoms with E-state index in [1.807, 2.05) is 0 Å². The molecule has 0 radical (unpaired) electrons. The Balaban J connectivity index is 2.13. The number of aromatic nitrogens is 4. The Kier molecular flexibility index (Phi) is 3.36. The number of hydrogen-bond donors (Lipinski definition) is 2. The van der Waals surface area contributed by atoms with E-state index in [2.05, 4.69) is 32.2 Å². The van der Waals surface area contributed by atoms with E-state index in [1.54, 1.807) is 24.7 Å². The van der Waals surface area contributed by atoms with E-state index in [4.69, 9.17) is 11.6 Å². The van der Waals surface area contributed by atoms with Crippen molar-refractivity contribution >= 4 is 17.4 Å². The molecule has 0 amide bonds. The standard InChI is InChI=1S/C10H12ClN5/c1-2-7(9-12-5-6-13-9)15-8-3-4-14-10(11)16-8/h3-7H,2H2,1H3,(H,12,13)(H,14,15,16). The van der Waals surface area contributed by atoms with E-state index in [9.17, 15) is 0 Å². The molecule has 0 bridgehead atoms. The molecule has 5 nitrogen and oxygen atoms in total. The van der Waals surface area contributed by atoms with Crippen LogP contribution in [0.15, 0.2) is 24.7 Å². The second-order valence-electron chi connectivity index (χ2n) is 3.29. The number of nitrogens with one attached hydrogen (secondary N) is 2. The number of aromatic amines is 1. The first-order valence-corrected chi connectivity index (χ1v) is 5.41. The van der Waals surface area contributed by atoms with Crippen LogP contribution in [0.1, 0.15) is 25.2 Å². The van der Waals surface area contributed by atoms with E-state index in [-0.39, 0.29) is 11.3 Å². The van der Waals surface area contributed by atoms with Crippen molar-refractivity contribution in [1.29, 1.82) is 0 Å². The van der Waals surface area contributed by atoms with Crippen molar-refractivity contribution in [3.8, 4) is 0 Å². The highest BCUT2D eigenvalue weighted by molar-refractivity contribution is 6.28. The molecule has 2 aromatic heterocycles. The first-order chi connectivity index (χ1) is 7.79. The van der Waals surface area contributed by atoms with E-state index in [1.165, 1.54) is 0 Å². The number of rotatable bonds is 4. The lowest BCUT2D eigenvalue weighted by atomic mass is 10.2. The fraction of sp³-hybridized carbons (Fsp3) is 0.300. The molecular formula is C10H12ClN5. The van der Waals surface area contributed by atoms with Crippen LogP contribution in [-0.2, 0) is 0 Å². The lowest BCUT2D eigenvalue weighted by Gasteiger charge is -2.14. The third kappa shape index (κ3) is 2.49. The third-order valence-electron chi connectivity index (χ3n) is 2.21. The number of H-pyrrole nitrogens is 1. The molecule has 2 rings (SSSR count). The van der Waals surface area contributed by atoms with Gasteiger partial charge in [0.2, 0.25) is 5.28 Å². The zero-order valence-electron chi connectivity index (χ0n) is 8.81. The van der Waals surface area contributed by atoms with E-state index in [0.29, 0.717) is 5.82 Å². The van der Waals surface area contributed by atoms with Crippen LogP contribution in [0.5, 0.6) is 0 Å². The molecule has 0 saturated heterocycles. The SMILES string of the molecule is CCC(Nc1ccnc(Cl)n1)c1ncc[nH]1. The number of nitrogens with zero attached hydrogens (tertiary/aromatic N) is 3. The molecule has 1 atom stereocenters. The van der Waals surface area contributed by atoms with Crippen molar-refractivity contribution in [2.45, 2.75) is 19.4 Å². The minimum atomic E-state index is 0.0981. The van der Waals surface area contributed by atoms with Crippen molar-refractivity contribution in [2.24, 2.45) is 0 Å². The zero-order chi connectivity index (χ0) is 11.4. The molecule has 2 N–H and O–H groups in total. The normalized spacial score (nSPS) is 12.4. The Labute approximate surface area is 98.3 Å². The van der Waals surface area contributed by atoms with Gasteiger partial charge in [-0.1, -0.05) is 6.92 Å². The largest absolute Gasteiger partial charge is 0.360 e. The van der Waals surface area contributed by atoms with Gasteiger partial charge in [0.05, 0.1) is 6.04 Å². The van der Waals surface area contributed by atoms with Crippen LogP contribution in [0, 0.1) is 0 Å². The van der Waals surface area contributed by atoms with Crippen LogP contribution in [0.25, 0.3) is 0 Å². The summed E-state index contributed by atoms with van der Waals surface area (Å²) in [6.45, 7) is 2.07. The van der Waals surface area contributed by atoms with Gasteiger partial charge < -0.3 is 10.3 Å². The predicted octanol–water partition coefficient (Wildman–Crippen LogP) is 2.42. The van der Waals surface area contributed by atoms with Crippen LogP contribution in [0.4, 0.5) is 5.82 Å². The van der Waals surface area contributed by atoms with Crippen molar-refractivity contribution in [2.75, 3.05) is 5.32 Å². The van der Waals surface area contributed by atoms with Gasteiger partial charge in [0.15, 0.2) is 0 Å². The summed E-state index contributed by atoms with van der Waals surface area (Å²) < 4.78 is 0. The summed E-state index contributed by atoms with van der Waals surface area (Å²) in [6, 6.07) is 1.87. The molecule has 6 heteroatoms. The molecule has 0 aliphatic carbocycles. The third-order valence-corrected chi connectivity index (χ3v) is 2.39. The molecule has 84 valence electrons. The van der Waals surface area contributed by atoms with Crippen LogP contribution < -0.4 is 5.32 Å². The summed E-state index contributed by atoms with van der Waals surface area (Å²) in [7, 11) is 0. The van der Waals surface area contributed by atoms with Gasteiger partial charge in [0.1, 0.15) is 11.6 Å². The topological polar surface area (TPSA) is 66.5 Å². The highest BCUT2D eigenvalue weighted by Gasteiger charge is 2.11. The first kappa shape index (κ1) is 10.9. The smallest absolute Gasteiger partial charge is 0.224 e. The summed E-state index contributed by atoms with van der Waals surface area (Å²) in [4.78, 5) is 15.2. The van der Waals surface area contributed by atoms with Gasteiger partial charge in [-0.15, -0.1) is 0 Å². The zero-order valence-corrected chi connectivity index (χ0v) is 9.57. The number of halogens is 1. The maximum atomic E-state index is 5.71. The van der Waals surface area contributed by atoms with Crippen molar-refractivity contribution in [3.63, 3.8) is 0 Å². The fourth-order valence-electron chi connectivity index (χ4n) is 1.43. The summed E-state index contributed by atoms with van der Waals surface area (Å²) >= 11 is 5.71. The van der Waals surface area contributed by atoms with Gasteiger partial charge >= 0.3 is 0 Å². The first-order valence-electron chi connectivity index (χ1n) is 5.04. The molecule has 0 aliphatic heterocycles. The van der Waals surface area contributed by atoms with Crippen molar-refractivity contribution in [3.05, 3.63) is 35.8 Å². The van der Waals surface area contributed by atoms with Gasteiger partial charge in [0.25, 0.3) is 0 Å². The molecule has 0 fully saturated rings. The Hall–Kier alpha value is -1.62. The predicted molar refractivity (Wildman–Crippen MR) is 62.3 cm³/mol.